The molecule has 1 atom stereocenters. The van der Waals surface area contributed by atoms with Crippen LogP contribution in [0.3, 0.4) is 0 Å². The number of rotatable bonds is 9. The molecule has 1 unspecified atom stereocenters. The van der Waals surface area contributed by atoms with Gasteiger partial charge in [0.15, 0.2) is 0 Å². The van der Waals surface area contributed by atoms with Crippen LogP contribution in [-0.4, -0.2) is 28.8 Å². The molecule has 6 heteroatoms. The quantitative estimate of drug-likeness (QED) is 0.679. The highest BCUT2D eigenvalue weighted by Crippen LogP contribution is 2.26. The predicted octanol–water partition coefficient (Wildman–Crippen LogP) is 3.58. The Morgan fingerprint density at radius 1 is 1.33 bits per heavy atom. The van der Waals surface area contributed by atoms with Crippen LogP contribution in [0.2, 0.25) is 5.02 Å². The first-order valence-electron chi connectivity index (χ1n) is 6.87. The number of amides is 1. The average Bonchev–Trinajstić information content (AvgIpc) is 2.40. The topological polar surface area (TPSA) is 66.4 Å². The number of hydrogen-bond acceptors (Lipinski definition) is 3. The average molecular weight is 330 g/mol. The lowest BCUT2D eigenvalue weighted by molar-refractivity contribution is -0.137. The Kier molecular flexibility index (Phi) is 8.23. The molecule has 0 aliphatic heterocycles. The summed E-state index contributed by atoms with van der Waals surface area (Å²) in [4.78, 5) is 23.1. The second-order valence-corrected chi connectivity index (χ2v) is 6.33. The number of carboxylic acids is 1. The lowest BCUT2D eigenvalue weighted by Gasteiger charge is -2.13. The maximum Gasteiger partial charge on any atom is 0.303 e. The van der Waals surface area contributed by atoms with E-state index >= 15 is 0 Å². The lowest BCUT2D eigenvalue weighted by Crippen LogP contribution is -2.32. The maximum atomic E-state index is 11.8. The number of carbonyl (C=O) groups excluding carboxylic acids is 1. The van der Waals surface area contributed by atoms with Gasteiger partial charge in [0.2, 0.25) is 5.91 Å². The molecule has 1 aromatic rings. The maximum absolute atomic E-state index is 11.8. The normalized spacial score (nSPS) is 11.9. The van der Waals surface area contributed by atoms with Gasteiger partial charge in [-0.2, -0.15) is 0 Å². The molecule has 1 rings (SSSR count). The molecule has 0 spiro atoms. The molecule has 0 radical (unpaired) electrons. The Morgan fingerprint density at radius 3 is 2.71 bits per heavy atom. The van der Waals surface area contributed by atoms with Crippen LogP contribution in [0.4, 0.5) is 0 Å². The summed E-state index contributed by atoms with van der Waals surface area (Å²) in [5.74, 6) is -0.153. The van der Waals surface area contributed by atoms with Crippen molar-refractivity contribution in [3.05, 3.63) is 29.3 Å². The van der Waals surface area contributed by atoms with E-state index in [-0.39, 0.29) is 18.4 Å². The number of carboxylic acid groups (broad SMARTS) is 1. The van der Waals surface area contributed by atoms with Crippen LogP contribution in [0.1, 0.15) is 32.6 Å². The number of hydrogen-bond donors (Lipinski definition) is 2. The van der Waals surface area contributed by atoms with Crippen LogP contribution in [-0.2, 0) is 9.59 Å². The summed E-state index contributed by atoms with van der Waals surface area (Å²) in [7, 11) is 0. The van der Waals surface area contributed by atoms with Gasteiger partial charge in [-0.05, 0) is 31.9 Å². The van der Waals surface area contributed by atoms with E-state index < -0.39 is 5.97 Å². The minimum Gasteiger partial charge on any atom is -0.481 e. The Hall–Kier alpha value is -1.20. The first kappa shape index (κ1) is 17.9. The summed E-state index contributed by atoms with van der Waals surface area (Å²) < 4.78 is 0. The molecule has 1 amide bonds. The number of nitrogens with one attached hydrogen (secondary N) is 1. The van der Waals surface area contributed by atoms with Gasteiger partial charge in [-0.3, -0.25) is 9.59 Å². The zero-order valence-corrected chi connectivity index (χ0v) is 13.5. The van der Waals surface area contributed by atoms with Gasteiger partial charge in [0.1, 0.15) is 0 Å². The van der Waals surface area contributed by atoms with Crippen molar-refractivity contribution in [2.24, 2.45) is 0 Å². The summed E-state index contributed by atoms with van der Waals surface area (Å²) in [6, 6.07) is 7.55. The summed E-state index contributed by atoms with van der Waals surface area (Å²) in [6.45, 7) is 1.89. The number of benzene rings is 1. The highest BCUT2D eigenvalue weighted by molar-refractivity contribution is 7.99. The minimum atomic E-state index is -0.801. The third-order valence-corrected chi connectivity index (χ3v) is 4.38. The van der Waals surface area contributed by atoms with Gasteiger partial charge >= 0.3 is 5.97 Å². The fourth-order valence-corrected chi connectivity index (χ4v) is 2.98. The predicted molar refractivity (Wildman–Crippen MR) is 85.9 cm³/mol. The van der Waals surface area contributed by atoms with Gasteiger partial charge in [-0.1, -0.05) is 23.7 Å². The number of carbonyl (C=O) groups is 2. The summed E-state index contributed by atoms with van der Waals surface area (Å²) >= 11 is 7.59. The van der Waals surface area contributed by atoms with Crippen LogP contribution in [0, 0.1) is 0 Å². The molecule has 0 aliphatic carbocycles. The van der Waals surface area contributed by atoms with Crippen LogP contribution in [0.15, 0.2) is 29.2 Å². The SMILES string of the molecule is CC(CCCC(=O)O)NC(=O)CCSc1ccccc1Cl. The van der Waals surface area contributed by atoms with Crippen LogP contribution < -0.4 is 5.32 Å². The largest absolute Gasteiger partial charge is 0.481 e. The molecule has 21 heavy (non-hydrogen) atoms. The number of aliphatic carboxylic acids is 1. The molecule has 1 aromatic carbocycles. The first-order chi connectivity index (χ1) is 9.99. The molecule has 0 saturated carbocycles. The highest BCUT2D eigenvalue weighted by Gasteiger charge is 2.09. The van der Waals surface area contributed by atoms with E-state index in [1.54, 1.807) is 11.8 Å². The fourth-order valence-electron chi connectivity index (χ4n) is 1.79. The van der Waals surface area contributed by atoms with Crippen molar-refractivity contribution < 1.29 is 14.7 Å². The number of halogens is 1. The summed E-state index contributed by atoms with van der Waals surface area (Å²) in [6.07, 6.45) is 1.81. The zero-order chi connectivity index (χ0) is 15.7. The molecule has 0 aromatic heterocycles. The Bertz CT molecular complexity index is 482. The molecular formula is C15H20ClNO3S. The molecule has 2 N–H and O–H groups in total. The second-order valence-electron chi connectivity index (χ2n) is 4.78. The summed E-state index contributed by atoms with van der Waals surface area (Å²) in [5.41, 5.74) is 0. The van der Waals surface area contributed by atoms with Crippen molar-refractivity contribution in [3.63, 3.8) is 0 Å². The van der Waals surface area contributed by atoms with Gasteiger partial charge in [0.25, 0.3) is 0 Å². The van der Waals surface area contributed by atoms with Crippen molar-refractivity contribution >= 4 is 35.2 Å². The standard InChI is InChI=1S/C15H20ClNO3S/c1-11(5-4-8-15(19)20)17-14(18)9-10-21-13-7-3-2-6-12(13)16/h2-3,6-7,11H,4-5,8-10H2,1H3,(H,17,18)(H,19,20). The number of thioether (sulfide) groups is 1. The molecule has 116 valence electrons. The van der Waals surface area contributed by atoms with Gasteiger partial charge in [-0.15, -0.1) is 11.8 Å². The molecule has 0 saturated heterocycles. The molecule has 0 aliphatic rings. The Balaban J connectivity index is 2.19. The van der Waals surface area contributed by atoms with Gasteiger partial charge in [0, 0.05) is 29.5 Å². The van der Waals surface area contributed by atoms with Crippen molar-refractivity contribution in [2.45, 2.75) is 43.5 Å². The van der Waals surface area contributed by atoms with Crippen molar-refractivity contribution in [3.8, 4) is 0 Å². The van der Waals surface area contributed by atoms with E-state index in [1.165, 1.54) is 0 Å². The van der Waals surface area contributed by atoms with Crippen LogP contribution in [0.5, 0.6) is 0 Å². The third kappa shape index (κ3) is 7.97. The van der Waals surface area contributed by atoms with E-state index in [0.29, 0.717) is 30.0 Å². The van der Waals surface area contributed by atoms with Gasteiger partial charge in [-0.25, -0.2) is 0 Å². The monoisotopic (exact) mass is 329 g/mol. The highest BCUT2D eigenvalue weighted by atomic mass is 35.5. The third-order valence-electron chi connectivity index (χ3n) is 2.86. The smallest absolute Gasteiger partial charge is 0.303 e. The van der Waals surface area contributed by atoms with E-state index in [1.807, 2.05) is 31.2 Å². The fraction of sp³-hybridized carbons (Fsp3) is 0.467. The molecule has 0 fully saturated rings. The molecular weight excluding hydrogens is 310 g/mol. The van der Waals surface area contributed by atoms with E-state index in [9.17, 15) is 9.59 Å². The van der Waals surface area contributed by atoms with E-state index in [2.05, 4.69) is 5.32 Å². The van der Waals surface area contributed by atoms with Crippen molar-refractivity contribution in [1.82, 2.24) is 5.32 Å². The molecule has 4 nitrogen and oxygen atoms in total. The minimum absolute atomic E-state index is 0.00200. The van der Waals surface area contributed by atoms with Gasteiger partial charge < -0.3 is 10.4 Å². The summed E-state index contributed by atoms with van der Waals surface area (Å²) in [5, 5.41) is 12.1. The van der Waals surface area contributed by atoms with Gasteiger partial charge in [0.05, 0.1) is 5.02 Å². The van der Waals surface area contributed by atoms with Crippen LogP contribution >= 0.6 is 23.4 Å². The van der Waals surface area contributed by atoms with E-state index in [4.69, 9.17) is 16.7 Å². The molecule has 0 bridgehead atoms. The molecule has 0 heterocycles. The van der Waals surface area contributed by atoms with E-state index in [0.717, 1.165) is 4.90 Å². The zero-order valence-electron chi connectivity index (χ0n) is 12.0. The van der Waals surface area contributed by atoms with Crippen LogP contribution in [0.25, 0.3) is 0 Å². The van der Waals surface area contributed by atoms with Crippen molar-refractivity contribution in [1.29, 1.82) is 0 Å². The Morgan fingerprint density at radius 2 is 2.05 bits per heavy atom. The Labute approximate surface area is 134 Å². The lowest BCUT2D eigenvalue weighted by atomic mass is 10.1. The first-order valence-corrected chi connectivity index (χ1v) is 8.24. The second kappa shape index (κ2) is 9.68. The van der Waals surface area contributed by atoms with Crippen molar-refractivity contribution in [2.75, 3.05) is 5.75 Å².